The van der Waals surface area contributed by atoms with E-state index in [0.29, 0.717) is 37.3 Å². The van der Waals surface area contributed by atoms with Crippen LogP contribution in [0.2, 0.25) is 0 Å². The van der Waals surface area contributed by atoms with Crippen molar-refractivity contribution in [2.75, 3.05) is 0 Å². The fourth-order valence-corrected chi connectivity index (χ4v) is 4.21. The van der Waals surface area contributed by atoms with Crippen LogP contribution in [0.4, 0.5) is 13.2 Å². The number of fused-ring (bicyclic) bond motifs is 1. The first-order chi connectivity index (χ1) is 18.2. The van der Waals surface area contributed by atoms with Crippen molar-refractivity contribution in [2.24, 2.45) is 0 Å². The summed E-state index contributed by atoms with van der Waals surface area (Å²) < 4.78 is 49.3. The minimum absolute atomic E-state index is 0.0156. The fourth-order valence-electron chi connectivity index (χ4n) is 4.21. The molecule has 0 aliphatic heterocycles. The van der Waals surface area contributed by atoms with Crippen LogP contribution in [0.3, 0.4) is 0 Å². The molecule has 11 nitrogen and oxygen atoms in total. The van der Waals surface area contributed by atoms with Crippen molar-refractivity contribution in [3.8, 4) is 22.8 Å². The van der Waals surface area contributed by atoms with Gasteiger partial charge in [-0.05, 0) is 25.0 Å². The minimum Gasteiger partial charge on any atom is -0.334 e. The standard InChI is InChI=1S/C24H23F3N8O3/c1-3-9-34-20-18(22(36)35(10-4-2)23(34)37)30-19(31-20)14-11-28-33(12-14)13-17-29-21(38-32-17)15-7-5-6-8-16(15)24(25,26)27/h5-8,11-12H,3-4,9-10,13H2,1-2H3,(H,30,31). The quantitative estimate of drug-likeness (QED) is 0.325. The number of imidazole rings is 1. The molecule has 38 heavy (non-hydrogen) atoms. The van der Waals surface area contributed by atoms with E-state index in [4.69, 9.17) is 4.52 Å². The molecule has 0 radical (unpaired) electrons. The van der Waals surface area contributed by atoms with Crippen molar-refractivity contribution in [1.29, 1.82) is 0 Å². The largest absolute Gasteiger partial charge is 0.417 e. The molecule has 0 atom stereocenters. The normalized spacial score (nSPS) is 12.0. The Labute approximate surface area is 212 Å². The van der Waals surface area contributed by atoms with Crippen LogP contribution in [0, 0.1) is 0 Å². The smallest absolute Gasteiger partial charge is 0.334 e. The molecule has 0 aliphatic rings. The molecule has 0 saturated carbocycles. The molecule has 14 heteroatoms. The number of alkyl halides is 3. The Balaban J connectivity index is 1.45. The van der Waals surface area contributed by atoms with Crippen LogP contribution >= 0.6 is 0 Å². The molecule has 1 N–H and O–H groups in total. The van der Waals surface area contributed by atoms with Gasteiger partial charge in [-0.1, -0.05) is 31.1 Å². The van der Waals surface area contributed by atoms with Gasteiger partial charge in [0.05, 0.1) is 22.9 Å². The molecule has 0 aliphatic carbocycles. The summed E-state index contributed by atoms with van der Waals surface area (Å²) in [5, 5.41) is 8.03. The summed E-state index contributed by atoms with van der Waals surface area (Å²) in [6, 6.07) is 4.95. The van der Waals surface area contributed by atoms with Crippen LogP contribution in [0.15, 0.2) is 50.8 Å². The van der Waals surface area contributed by atoms with E-state index < -0.39 is 23.0 Å². The van der Waals surface area contributed by atoms with Gasteiger partial charge in [0.25, 0.3) is 11.4 Å². The van der Waals surface area contributed by atoms with Gasteiger partial charge in [0.1, 0.15) is 17.9 Å². The average molecular weight is 528 g/mol. The number of aryl methyl sites for hydroxylation is 1. The SMILES string of the molecule is CCCn1c(=O)c2[nH]c(-c3cnn(Cc4noc(-c5ccccc5C(F)(F)F)n4)c3)nc2n(CCC)c1=O. The van der Waals surface area contributed by atoms with Crippen LogP contribution in [0.25, 0.3) is 34.0 Å². The first-order valence-electron chi connectivity index (χ1n) is 12.0. The second-order valence-electron chi connectivity index (χ2n) is 8.66. The first kappa shape index (κ1) is 25.2. The lowest BCUT2D eigenvalue weighted by Crippen LogP contribution is -2.40. The summed E-state index contributed by atoms with van der Waals surface area (Å²) in [4.78, 5) is 37.5. The van der Waals surface area contributed by atoms with Crippen LogP contribution in [0.1, 0.15) is 38.1 Å². The topological polar surface area (TPSA) is 129 Å². The number of rotatable bonds is 8. The predicted molar refractivity (Wildman–Crippen MR) is 130 cm³/mol. The maximum Gasteiger partial charge on any atom is 0.417 e. The zero-order valence-corrected chi connectivity index (χ0v) is 20.5. The number of halogens is 3. The summed E-state index contributed by atoms with van der Waals surface area (Å²) >= 11 is 0. The number of aromatic nitrogens is 8. The number of nitrogens with zero attached hydrogens (tertiary/aromatic N) is 7. The predicted octanol–water partition coefficient (Wildman–Crippen LogP) is 3.69. The van der Waals surface area contributed by atoms with E-state index in [0.717, 1.165) is 6.07 Å². The Kier molecular flexibility index (Phi) is 6.46. The maximum absolute atomic E-state index is 13.4. The maximum atomic E-state index is 13.4. The molecule has 0 amide bonds. The molecule has 0 bridgehead atoms. The Morgan fingerprint density at radius 3 is 2.50 bits per heavy atom. The molecule has 0 unspecified atom stereocenters. The third-order valence-corrected chi connectivity index (χ3v) is 5.90. The number of nitrogens with one attached hydrogen (secondary N) is 1. The molecule has 0 spiro atoms. The van der Waals surface area contributed by atoms with E-state index in [1.54, 1.807) is 6.20 Å². The number of H-pyrrole nitrogens is 1. The van der Waals surface area contributed by atoms with E-state index in [1.807, 2.05) is 13.8 Å². The summed E-state index contributed by atoms with van der Waals surface area (Å²) in [5.74, 6) is 0.208. The van der Waals surface area contributed by atoms with Crippen molar-refractivity contribution >= 4 is 11.2 Å². The van der Waals surface area contributed by atoms with Gasteiger partial charge in [-0.2, -0.15) is 23.3 Å². The Bertz CT molecular complexity index is 1720. The third kappa shape index (κ3) is 4.53. The molecular weight excluding hydrogens is 505 g/mol. The molecule has 4 aromatic heterocycles. The van der Waals surface area contributed by atoms with Gasteiger partial charge >= 0.3 is 11.9 Å². The van der Waals surface area contributed by atoms with E-state index in [-0.39, 0.29) is 35.0 Å². The molecule has 0 fully saturated rings. The van der Waals surface area contributed by atoms with E-state index in [9.17, 15) is 22.8 Å². The molecule has 5 rings (SSSR count). The van der Waals surface area contributed by atoms with Gasteiger partial charge in [0.15, 0.2) is 11.5 Å². The molecule has 4 heterocycles. The average Bonchev–Trinajstić information content (AvgIpc) is 3.64. The Morgan fingerprint density at radius 2 is 1.76 bits per heavy atom. The lowest BCUT2D eigenvalue weighted by Gasteiger charge is -2.09. The lowest BCUT2D eigenvalue weighted by molar-refractivity contribution is -0.137. The van der Waals surface area contributed by atoms with Gasteiger partial charge < -0.3 is 9.51 Å². The van der Waals surface area contributed by atoms with E-state index in [1.165, 1.54) is 38.2 Å². The monoisotopic (exact) mass is 528 g/mol. The van der Waals surface area contributed by atoms with E-state index >= 15 is 0 Å². The van der Waals surface area contributed by atoms with Gasteiger partial charge in [0.2, 0.25) is 0 Å². The van der Waals surface area contributed by atoms with Crippen LogP contribution in [-0.4, -0.2) is 39.0 Å². The highest BCUT2D eigenvalue weighted by Gasteiger charge is 2.34. The van der Waals surface area contributed by atoms with Crippen molar-refractivity contribution in [3.63, 3.8) is 0 Å². The molecule has 198 valence electrons. The molecular formula is C24H23F3N8O3. The van der Waals surface area contributed by atoms with Crippen molar-refractivity contribution in [2.45, 2.75) is 52.5 Å². The number of aromatic amines is 1. The number of benzene rings is 1. The highest BCUT2D eigenvalue weighted by atomic mass is 19.4. The summed E-state index contributed by atoms with van der Waals surface area (Å²) in [7, 11) is 0. The van der Waals surface area contributed by atoms with Crippen molar-refractivity contribution in [3.05, 3.63) is 68.9 Å². The Morgan fingerprint density at radius 1 is 1.03 bits per heavy atom. The summed E-state index contributed by atoms with van der Waals surface area (Å²) in [6.07, 6.45) is -0.148. The van der Waals surface area contributed by atoms with Crippen LogP contribution in [0.5, 0.6) is 0 Å². The summed E-state index contributed by atoms with van der Waals surface area (Å²) in [5.41, 5.74) is -0.911. The Hall–Kier alpha value is -4.49. The highest BCUT2D eigenvalue weighted by Crippen LogP contribution is 2.36. The van der Waals surface area contributed by atoms with Gasteiger partial charge in [-0.15, -0.1) is 0 Å². The summed E-state index contributed by atoms with van der Waals surface area (Å²) in [6.45, 7) is 4.52. The number of hydrogen-bond donors (Lipinski definition) is 1. The zero-order chi connectivity index (χ0) is 27.0. The van der Waals surface area contributed by atoms with Crippen LogP contribution in [-0.2, 0) is 25.8 Å². The third-order valence-electron chi connectivity index (χ3n) is 5.90. The van der Waals surface area contributed by atoms with Gasteiger partial charge in [0, 0.05) is 19.3 Å². The molecule has 1 aromatic carbocycles. The second kappa shape index (κ2) is 9.76. The lowest BCUT2D eigenvalue weighted by atomic mass is 10.1. The van der Waals surface area contributed by atoms with Gasteiger partial charge in [-0.3, -0.25) is 18.6 Å². The van der Waals surface area contributed by atoms with Crippen molar-refractivity contribution in [1.82, 2.24) is 39.0 Å². The molecule has 5 aromatic rings. The van der Waals surface area contributed by atoms with Crippen molar-refractivity contribution < 1.29 is 17.7 Å². The van der Waals surface area contributed by atoms with Crippen LogP contribution < -0.4 is 11.2 Å². The highest BCUT2D eigenvalue weighted by molar-refractivity contribution is 5.75. The minimum atomic E-state index is -4.57. The van der Waals surface area contributed by atoms with Gasteiger partial charge in [-0.25, -0.2) is 9.78 Å². The molecule has 0 saturated heterocycles. The first-order valence-corrected chi connectivity index (χ1v) is 12.0. The van der Waals surface area contributed by atoms with E-state index in [2.05, 4.69) is 25.2 Å². The fraction of sp³-hybridized carbons (Fsp3) is 0.333. The second-order valence-corrected chi connectivity index (χ2v) is 8.66. The number of hydrogen-bond acceptors (Lipinski definition) is 7. The zero-order valence-electron chi connectivity index (χ0n) is 20.5.